The molecule has 11 nitrogen and oxygen atoms in total. The van der Waals surface area contributed by atoms with Crippen LogP contribution in [0.1, 0.15) is 245 Å². The number of allylic oxidation sites excluding steroid dienone is 13. The zero-order valence-electron chi connectivity index (χ0n) is 47.6. The van der Waals surface area contributed by atoms with Gasteiger partial charge in [-0.1, -0.05) is 247 Å². The summed E-state index contributed by atoms with van der Waals surface area (Å²) in [5, 5.41) is 56.9. The number of nitrogens with one attached hydrogen (secondary N) is 1. The van der Waals surface area contributed by atoms with Crippen molar-refractivity contribution >= 4 is 11.9 Å². The Morgan fingerprint density at radius 3 is 1.57 bits per heavy atom. The molecule has 1 fully saturated rings. The Balaban J connectivity index is 2.71. The Bertz CT molecular complexity index is 1540. The molecule has 11 heteroatoms. The molecule has 0 bridgehead atoms. The van der Waals surface area contributed by atoms with E-state index in [-0.39, 0.29) is 19.4 Å². The van der Waals surface area contributed by atoms with Gasteiger partial charge in [0.05, 0.1) is 25.4 Å². The summed E-state index contributed by atoms with van der Waals surface area (Å²) in [5.41, 5.74) is 0. The van der Waals surface area contributed by atoms with Crippen molar-refractivity contribution in [1.82, 2.24) is 5.32 Å². The number of unbranched alkanes of at least 4 members (excludes halogenated alkanes) is 27. The number of aliphatic hydroxyl groups excluding tert-OH is 5. The van der Waals surface area contributed by atoms with Crippen molar-refractivity contribution < 1.29 is 49.3 Å². The standard InChI is InChI=1S/C64H111NO10/c1-4-7-10-13-16-19-22-25-26-27-28-29-30-31-34-36-39-42-45-48-51-57(68)63(72)65-55(56(67)50-47-44-41-38-35-32-23-20-17-14-11-8-5-2)54-73-64-62(61(71)60(70)58(53-66)74-64)75-59(69)52-49-46-43-40-37-33-24-21-18-15-12-9-6-3/h9,12,15-16,18-19,21,24-26,33,37,47,50,55-58,60-62,64,66-68,70-71H,4-8,10-11,13-14,17,20,22-23,27-32,34-36,38-46,48-49,51-54H2,1-3H3,(H,65,72)/b12-9+,18-15+,19-16-,24-21-,26-25-,37-33-,50-47+. The van der Waals surface area contributed by atoms with E-state index in [1.165, 1.54) is 122 Å². The average Bonchev–Trinajstić information content (AvgIpc) is 3.41. The van der Waals surface area contributed by atoms with Crippen molar-refractivity contribution in [2.24, 2.45) is 0 Å². The molecule has 0 spiro atoms. The van der Waals surface area contributed by atoms with Crippen LogP contribution in [-0.4, -0.2) is 99.6 Å². The summed E-state index contributed by atoms with van der Waals surface area (Å²) in [4.78, 5) is 26.5. The second-order valence-electron chi connectivity index (χ2n) is 20.8. The normalized spacial score (nSPS) is 19.8. The number of aliphatic hydroxyl groups is 5. The van der Waals surface area contributed by atoms with Gasteiger partial charge in [-0.05, 0) is 77.0 Å². The molecular weight excluding hydrogens is 943 g/mol. The van der Waals surface area contributed by atoms with Gasteiger partial charge in [-0.25, -0.2) is 0 Å². The van der Waals surface area contributed by atoms with Gasteiger partial charge in [-0.3, -0.25) is 9.59 Å². The van der Waals surface area contributed by atoms with Gasteiger partial charge in [-0.2, -0.15) is 0 Å². The van der Waals surface area contributed by atoms with Crippen LogP contribution in [0, 0.1) is 0 Å². The summed E-state index contributed by atoms with van der Waals surface area (Å²) in [6.07, 6.45) is 56.2. The molecule has 0 aliphatic carbocycles. The molecule has 6 N–H and O–H groups in total. The summed E-state index contributed by atoms with van der Waals surface area (Å²) in [6.45, 7) is 5.59. The highest BCUT2D eigenvalue weighted by molar-refractivity contribution is 5.80. The smallest absolute Gasteiger partial charge is 0.306 e. The van der Waals surface area contributed by atoms with E-state index in [2.05, 4.69) is 62.5 Å². The van der Waals surface area contributed by atoms with Crippen LogP contribution >= 0.6 is 0 Å². The Morgan fingerprint density at radius 2 is 1.01 bits per heavy atom. The second kappa shape index (κ2) is 51.6. The highest BCUT2D eigenvalue weighted by Gasteiger charge is 2.47. The van der Waals surface area contributed by atoms with Crippen molar-refractivity contribution in [2.75, 3.05) is 13.2 Å². The fraction of sp³-hybridized carbons (Fsp3) is 0.750. The maximum atomic E-state index is 13.4. The lowest BCUT2D eigenvalue weighted by Crippen LogP contribution is -2.61. The first-order valence-electron chi connectivity index (χ1n) is 30.4. The van der Waals surface area contributed by atoms with Crippen LogP contribution in [0.25, 0.3) is 0 Å². The molecule has 8 atom stereocenters. The zero-order chi connectivity index (χ0) is 54.7. The number of ether oxygens (including phenoxy) is 3. The van der Waals surface area contributed by atoms with E-state index in [0.717, 1.165) is 77.0 Å². The third kappa shape index (κ3) is 39.8. The first kappa shape index (κ1) is 69.9. The van der Waals surface area contributed by atoms with Gasteiger partial charge in [0.2, 0.25) is 5.91 Å². The Labute approximate surface area is 457 Å². The lowest BCUT2D eigenvalue weighted by atomic mass is 9.99. The number of carbonyl (C=O) groups is 2. The largest absolute Gasteiger partial charge is 0.454 e. The molecule has 1 saturated heterocycles. The fourth-order valence-electron chi connectivity index (χ4n) is 9.04. The Kier molecular flexibility index (Phi) is 48.0. The predicted octanol–water partition coefficient (Wildman–Crippen LogP) is 14.2. The summed E-state index contributed by atoms with van der Waals surface area (Å²) in [7, 11) is 0. The quantitative estimate of drug-likeness (QED) is 0.0149. The second-order valence-corrected chi connectivity index (χ2v) is 20.8. The first-order valence-corrected chi connectivity index (χ1v) is 30.4. The summed E-state index contributed by atoms with van der Waals surface area (Å²) in [5.74, 6) is -1.24. The maximum Gasteiger partial charge on any atom is 0.306 e. The van der Waals surface area contributed by atoms with E-state index in [1.54, 1.807) is 6.08 Å². The molecule has 0 saturated carbocycles. The molecule has 8 unspecified atom stereocenters. The van der Waals surface area contributed by atoms with E-state index in [4.69, 9.17) is 14.2 Å². The highest BCUT2D eigenvalue weighted by Crippen LogP contribution is 2.26. The number of hydrogen-bond acceptors (Lipinski definition) is 10. The van der Waals surface area contributed by atoms with Gasteiger partial charge in [0.15, 0.2) is 12.4 Å². The Morgan fingerprint density at radius 1 is 0.547 bits per heavy atom. The molecule has 0 aromatic heterocycles. The lowest BCUT2D eigenvalue weighted by molar-refractivity contribution is -0.305. The third-order valence-electron chi connectivity index (χ3n) is 13.9. The third-order valence-corrected chi connectivity index (χ3v) is 13.9. The Hall–Kier alpha value is -3.16. The predicted molar refractivity (Wildman–Crippen MR) is 310 cm³/mol. The SMILES string of the molecule is CC/C=C/C=C/C=C\C=C/CCCCCC(=O)OC1C(OCC(NC(=O)C(O)CCCCCCCCCCCC/C=C\C/C=C\CCCCC)C(O)/C=C/CCCCCCCCCCCCC)OC(CO)C(O)C1O. The summed E-state index contributed by atoms with van der Waals surface area (Å²) in [6, 6.07) is -1.04. The molecule has 432 valence electrons. The van der Waals surface area contributed by atoms with Crippen LogP contribution in [-0.2, 0) is 23.8 Å². The van der Waals surface area contributed by atoms with Crippen molar-refractivity contribution in [3.63, 3.8) is 0 Å². The van der Waals surface area contributed by atoms with E-state index < -0.39 is 67.4 Å². The average molecular weight is 1050 g/mol. The molecule has 1 aliphatic heterocycles. The van der Waals surface area contributed by atoms with Crippen LogP contribution in [0.15, 0.2) is 85.1 Å². The van der Waals surface area contributed by atoms with Crippen LogP contribution < -0.4 is 5.32 Å². The minimum Gasteiger partial charge on any atom is -0.454 e. The summed E-state index contributed by atoms with van der Waals surface area (Å²) >= 11 is 0. The number of hydrogen-bond donors (Lipinski definition) is 6. The number of carbonyl (C=O) groups excluding carboxylic acids is 2. The molecule has 0 aromatic carbocycles. The van der Waals surface area contributed by atoms with Gasteiger partial charge in [-0.15, -0.1) is 0 Å². The maximum absolute atomic E-state index is 13.4. The number of amides is 1. The molecule has 1 amide bonds. The topological polar surface area (TPSA) is 175 Å². The van der Waals surface area contributed by atoms with Gasteiger partial charge < -0.3 is 45.1 Å². The molecular formula is C64H111NO10. The van der Waals surface area contributed by atoms with Crippen LogP contribution in [0.3, 0.4) is 0 Å². The van der Waals surface area contributed by atoms with E-state index >= 15 is 0 Å². The molecule has 0 aromatic rings. The van der Waals surface area contributed by atoms with Gasteiger partial charge in [0.1, 0.15) is 24.4 Å². The van der Waals surface area contributed by atoms with E-state index in [1.807, 2.05) is 42.5 Å². The van der Waals surface area contributed by atoms with Gasteiger partial charge >= 0.3 is 5.97 Å². The molecule has 1 heterocycles. The fourth-order valence-corrected chi connectivity index (χ4v) is 9.04. The summed E-state index contributed by atoms with van der Waals surface area (Å²) < 4.78 is 17.5. The molecule has 0 radical (unpaired) electrons. The number of esters is 1. The van der Waals surface area contributed by atoms with E-state index in [0.29, 0.717) is 12.8 Å². The zero-order valence-corrected chi connectivity index (χ0v) is 47.6. The van der Waals surface area contributed by atoms with Gasteiger partial charge in [0.25, 0.3) is 0 Å². The van der Waals surface area contributed by atoms with Crippen molar-refractivity contribution in [3.8, 4) is 0 Å². The van der Waals surface area contributed by atoms with Crippen LogP contribution in [0.2, 0.25) is 0 Å². The van der Waals surface area contributed by atoms with Gasteiger partial charge in [0, 0.05) is 6.42 Å². The monoisotopic (exact) mass is 1050 g/mol. The molecule has 75 heavy (non-hydrogen) atoms. The minimum atomic E-state index is -1.63. The van der Waals surface area contributed by atoms with Crippen LogP contribution in [0.5, 0.6) is 0 Å². The van der Waals surface area contributed by atoms with Crippen molar-refractivity contribution in [2.45, 2.75) is 294 Å². The molecule has 1 aliphatic rings. The van der Waals surface area contributed by atoms with Crippen LogP contribution in [0.4, 0.5) is 0 Å². The highest BCUT2D eigenvalue weighted by atomic mass is 16.7. The van der Waals surface area contributed by atoms with Crippen molar-refractivity contribution in [3.05, 3.63) is 85.1 Å². The molecule has 1 rings (SSSR count). The first-order chi connectivity index (χ1) is 36.7. The lowest BCUT2D eigenvalue weighted by Gasteiger charge is -2.41. The van der Waals surface area contributed by atoms with Crippen molar-refractivity contribution in [1.29, 1.82) is 0 Å². The van der Waals surface area contributed by atoms with E-state index in [9.17, 15) is 35.1 Å². The minimum absolute atomic E-state index is 0.0743. The number of rotatable bonds is 50.